The van der Waals surface area contributed by atoms with Crippen LogP contribution in [-0.2, 0) is 0 Å². The minimum atomic E-state index is -1.02. The van der Waals surface area contributed by atoms with E-state index in [0.29, 0.717) is 22.4 Å². The molecule has 4 rings (SSSR count). The highest BCUT2D eigenvalue weighted by Gasteiger charge is 2.17. The fraction of sp³-hybridized carbons (Fsp3) is 0.0833. The van der Waals surface area contributed by atoms with E-state index in [-0.39, 0.29) is 17.2 Å². The molecule has 0 saturated carbocycles. The van der Waals surface area contributed by atoms with E-state index in [4.69, 9.17) is 10.1 Å². The molecule has 3 aromatic carbocycles. The Balaban J connectivity index is 1.79. The molecule has 6 nitrogen and oxygen atoms in total. The Bertz CT molecular complexity index is 1280. The second-order valence-corrected chi connectivity index (χ2v) is 7.07. The topological polar surface area (TPSA) is 92.2 Å². The number of hydrogen-bond acceptors (Lipinski definition) is 4. The number of carboxylic acid groups (broad SMARTS) is 1. The van der Waals surface area contributed by atoms with Gasteiger partial charge in [0.05, 0.1) is 11.1 Å². The number of fused-ring (bicyclic) bond motifs is 1. The third-order valence-electron chi connectivity index (χ3n) is 4.84. The van der Waals surface area contributed by atoms with Crippen LogP contribution in [0.3, 0.4) is 0 Å². The maximum Gasteiger partial charge on any atom is 0.335 e. The molecule has 6 heteroatoms. The van der Waals surface area contributed by atoms with Crippen molar-refractivity contribution in [3.8, 4) is 11.4 Å². The van der Waals surface area contributed by atoms with Crippen molar-refractivity contribution >= 4 is 28.5 Å². The average Bonchev–Trinajstić information content (AvgIpc) is 2.73. The molecule has 30 heavy (non-hydrogen) atoms. The summed E-state index contributed by atoms with van der Waals surface area (Å²) in [6, 6.07) is 19.4. The van der Waals surface area contributed by atoms with Crippen LogP contribution in [0, 0.1) is 13.8 Å². The van der Waals surface area contributed by atoms with Gasteiger partial charge in [0.25, 0.3) is 5.91 Å². The first kappa shape index (κ1) is 19.3. The van der Waals surface area contributed by atoms with Crippen LogP contribution < -0.4 is 5.32 Å². The summed E-state index contributed by atoms with van der Waals surface area (Å²) in [6.45, 7) is 3.95. The van der Waals surface area contributed by atoms with E-state index in [1.54, 1.807) is 12.1 Å². The molecule has 1 aromatic heterocycles. The van der Waals surface area contributed by atoms with Crippen molar-refractivity contribution in [1.29, 1.82) is 0 Å². The third-order valence-corrected chi connectivity index (χ3v) is 4.84. The van der Waals surface area contributed by atoms with Crippen LogP contribution in [0.4, 0.5) is 5.69 Å². The first-order valence-corrected chi connectivity index (χ1v) is 9.41. The Labute approximate surface area is 173 Å². The number of carbonyl (C=O) groups excluding carboxylic acids is 1. The number of aromatic nitrogens is 2. The smallest absolute Gasteiger partial charge is 0.335 e. The van der Waals surface area contributed by atoms with E-state index in [1.165, 1.54) is 12.1 Å². The normalized spacial score (nSPS) is 10.7. The molecule has 2 N–H and O–H groups in total. The Hall–Kier alpha value is -4.06. The van der Waals surface area contributed by atoms with Crippen LogP contribution in [0.5, 0.6) is 0 Å². The summed E-state index contributed by atoms with van der Waals surface area (Å²) in [4.78, 5) is 33.4. The molecule has 0 aliphatic heterocycles. The van der Waals surface area contributed by atoms with E-state index in [0.717, 1.165) is 16.7 Å². The largest absolute Gasteiger partial charge is 0.478 e. The van der Waals surface area contributed by atoms with E-state index < -0.39 is 5.97 Å². The van der Waals surface area contributed by atoms with Crippen molar-refractivity contribution < 1.29 is 14.7 Å². The van der Waals surface area contributed by atoms with Crippen LogP contribution >= 0.6 is 0 Å². The van der Waals surface area contributed by atoms with Gasteiger partial charge in [-0.15, -0.1) is 0 Å². The number of aryl methyl sites for hydroxylation is 2. The fourth-order valence-corrected chi connectivity index (χ4v) is 3.24. The lowest BCUT2D eigenvalue weighted by Crippen LogP contribution is -2.15. The van der Waals surface area contributed by atoms with Crippen LogP contribution in [0.1, 0.15) is 32.0 Å². The van der Waals surface area contributed by atoms with Crippen LogP contribution in [0.25, 0.3) is 22.3 Å². The van der Waals surface area contributed by atoms with Crippen molar-refractivity contribution in [1.82, 2.24) is 9.97 Å². The second kappa shape index (κ2) is 7.75. The lowest BCUT2D eigenvalue weighted by atomic mass is 10.1. The molecule has 0 unspecified atom stereocenters. The first-order valence-electron chi connectivity index (χ1n) is 9.41. The van der Waals surface area contributed by atoms with Gasteiger partial charge in [0.1, 0.15) is 5.69 Å². The number of benzene rings is 3. The van der Waals surface area contributed by atoms with E-state index >= 15 is 0 Å². The van der Waals surface area contributed by atoms with Crippen molar-refractivity contribution in [3.05, 3.63) is 89.1 Å². The molecule has 1 amide bonds. The first-order chi connectivity index (χ1) is 14.4. The Morgan fingerprint density at radius 3 is 2.33 bits per heavy atom. The molecule has 148 valence electrons. The molecule has 0 fully saturated rings. The number of amides is 1. The molecule has 0 bridgehead atoms. The third kappa shape index (κ3) is 3.75. The number of hydrogen-bond donors (Lipinski definition) is 2. The molecule has 0 atom stereocenters. The summed E-state index contributed by atoms with van der Waals surface area (Å²) in [6.07, 6.45) is 0. The van der Waals surface area contributed by atoms with Gasteiger partial charge in [-0.25, -0.2) is 14.8 Å². The number of anilines is 1. The lowest BCUT2D eigenvalue weighted by Gasteiger charge is -2.11. The Morgan fingerprint density at radius 2 is 1.63 bits per heavy atom. The zero-order valence-electron chi connectivity index (χ0n) is 16.5. The van der Waals surface area contributed by atoms with Gasteiger partial charge >= 0.3 is 5.97 Å². The van der Waals surface area contributed by atoms with Crippen LogP contribution in [0.2, 0.25) is 0 Å². The maximum absolute atomic E-state index is 13.1. The van der Waals surface area contributed by atoms with Crippen molar-refractivity contribution in [2.45, 2.75) is 13.8 Å². The van der Waals surface area contributed by atoms with Gasteiger partial charge in [-0.05, 0) is 55.3 Å². The minimum Gasteiger partial charge on any atom is -0.478 e. The van der Waals surface area contributed by atoms with E-state index in [1.807, 2.05) is 56.3 Å². The number of carbonyl (C=O) groups is 2. The Morgan fingerprint density at radius 1 is 0.900 bits per heavy atom. The number of nitrogens with one attached hydrogen (secondary N) is 1. The summed E-state index contributed by atoms with van der Waals surface area (Å²) in [5.74, 6) is -0.922. The minimum absolute atomic E-state index is 0.151. The van der Waals surface area contributed by atoms with Gasteiger partial charge in [0.2, 0.25) is 0 Å². The maximum atomic E-state index is 13.1. The van der Waals surface area contributed by atoms with Crippen LogP contribution in [-0.4, -0.2) is 27.0 Å². The van der Waals surface area contributed by atoms with Crippen molar-refractivity contribution in [2.75, 3.05) is 5.32 Å². The highest BCUT2D eigenvalue weighted by molar-refractivity contribution is 6.11. The number of rotatable bonds is 4. The molecule has 0 saturated heterocycles. The molecule has 4 aromatic rings. The molecule has 0 aliphatic carbocycles. The highest BCUT2D eigenvalue weighted by Crippen LogP contribution is 2.25. The molecule has 0 aliphatic rings. The fourth-order valence-electron chi connectivity index (χ4n) is 3.24. The van der Waals surface area contributed by atoms with Crippen molar-refractivity contribution in [2.24, 2.45) is 0 Å². The van der Waals surface area contributed by atoms with Gasteiger partial charge < -0.3 is 10.4 Å². The monoisotopic (exact) mass is 397 g/mol. The van der Waals surface area contributed by atoms with Crippen molar-refractivity contribution in [3.63, 3.8) is 0 Å². The molecule has 0 radical (unpaired) electrons. The Kier molecular flexibility index (Phi) is 4.98. The summed E-state index contributed by atoms with van der Waals surface area (Å²) in [7, 11) is 0. The van der Waals surface area contributed by atoms with Crippen LogP contribution in [0.15, 0.2) is 66.7 Å². The molecule has 0 spiro atoms. The number of nitrogens with zero attached hydrogens (tertiary/aromatic N) is 2. The summed E-state index contributed by atoms with van der Waals surface area (Å²) < 4.78 is 0. The summed E-state index contributed by atoms with van der Waals surface area (Å²) in [5.41, 5.74) is 4.50. The van der Waals surface area contributed by atoms with Gasteiger partial charge in [-0.3, -0.25) is 4.79 Å². The zero-order chi connectivity index (χ0) is 21.3. The van der Waals surface area contributed by atoms with E-state index in [2.05, 4.69) is 10.3 Å². The molecular weight excluding hydrogens is 378 g/mol. The molecular formula is C24H19N3O3. The average molecular weight is 397 g/mol. The van der Waals surface area contributed by atoms with E-state index in [9.17, 15) is 9.59 Å². The predicted molar refractivity (Wildman–Crippen MR) is 116 cm³/mol. The second-order valence-electron chi connectivity index (χ2n) is 7.07. The highest BCUT2D eigenvalue weighted by atomic mass is 16.4. The standard InChI is InChI=1S/C24H19N3O3/c1-14-7-12-19-20(13-14)26-22(18-6-4-3-5-15(18)2)27-21(19)23(28)25-17-10-8-16(9-11-17)24(29)30/h3-13H,1-2H3,(H,25,28)(H,29,30). The SMILES string of the molecule is Cc1ccc2c(C(=O)Nc3ccc(C(=O)O)cc3)nc(-c3ccccc3C)nc2c1. The summed E-state index contributed by atoms with van der Waals surface area (Å²) >= 11 is 0. The van der Waals surface area contributed by atoms with Gasteiger partial charge in [0.15, 0.2) is 5.82 Å². The van der Waals surface area contributed by atoms with Gasteiger partial charge in [-0.1, -0.05) is 36.4 Å². The summed E-state index contributed by atoms with van der Waals surface area (Å²) in [5, 5.41) is 12.5. The zero-order valence-corrected chi connectivity index (χ0v) is 16.5. The van der Waals surface area contributed by atoms with Gasteiger partial charge in [0, 0.05) is 16.6 Å². The lowest BCUT2D eigenvalue weighted by molar-refractivity contribution is 0.0696. The molecule has 1 heterocycles. The van der Waals surface area contributed by atoms with Gasteiger partial charge in [-0.2, -0.15) is 0 Å². The number of aromatic carboxylic acids is 1. The number of carboxylic acids is 1. The quantitative estimate of drug-likeness (QED) is 0.513. The predicted octanol–water partition coefficient (Wildman–Crippen LogP) is 4.86.